The zero-order valence-corrected chi connectivity index (χ0v) is 47.9. The van der Waals surface area contributed by atoms with E-state index in [4.69, 9.17) is 19.2 Å². The summed E-state index contributed by atoms with van der Waals surface area (Å²) >= 11 is 2.97. The molecule has 2 aromatic carbocycles. The number of sulfone groups is 2. The average Bonchev–Trinajstić information content (AvgIpc) is 3.87. The van der Waals surface area contributed by atoms with Crippen LogP contribution in [0.15, 0.2) is 77.0 Å². The number of alkyl carbamates (subject to hydrolysis) is 2. The van der Waals surface area contributed by atoms with Crippen LogP contribution >= 0.6 is 22.7 Å². The van der Waals surface area contributed by atoms with Crippen molar-refractivity contribution in [2.45, 2.75) is 161 Å². The van der Waals surface area contributed by atoms with Crippen LogP contribution in [0.5, 0.6) is 0 Å². The van der Waals surface area contributed by atoms with E-state index in [0.29, 0.717) is 71.0 Å². The first-order valence-corrected chi connectivity index (χ1v) is 31.5. The summed E-state index contributed by atoms with van der Waals surface area (Å²) in [5.74, 6) is 0.827. The van der Waals surface area contributed by atoms with Crippen molar-refractivity contribution in [2.75, 3.05) is 30.5 Å². The second-order valence-corrected chi connectivity index (χ2v) is 27.9. The zero-order chi connectivity index (χ0) is 55.0. The van der Waals surface area contributed by atoms with E-state index in [1.54, 1.807) is 61.4 Å². The number of thiazole rings is 2. The molecular formula is C54H68FN10O9S4+. The van der Waals surface area contributed by atoms with Crippen molar-refractivity contribution in [3.05, 3.63) is 83.0 Å². The highest BCUT2D eigenvalue weighted by atomic mass is 32.2. The van der Waals surface area contributed by atoms with Crippen molar-refractivity contribution in [1.29, 1.82) is 0 Å². The first-order chi connectivity index (χ1) is 37.3. The topological polar surface area (TPSA) is 231 Å². The van der Waals surface area contributed by atoms with Gasteiger partial charge in [0, 0.05) is 72.4 Å². The number of benzene rings is 2. The number of aromatic nitrogens is 6. The fourth-order valence-electron chi connectivity index (χ4n) is 10.7. The molecule has 2 amide bonds. The summed E-state index contributed by atoms with van der Waals surface area (Å²) in [4.78, 5) is 31.6. The number of aryl methyl sites for hydroxylation is 3. The van der Waals surface area contributed by atoms with Gasteiger partial charge in [-0.1, -0.05) is 17.4 Å². The lowest BCUT2D eigenvalue weighted by molar-refractivity contribution is -0.703. The number of anilines is 4. The molecule has 3 saturated carbocycles. The van der Waals surface area contributed by atoms with E-state index in [0.717, 1.165) is 46.3 Å². The summed E-state index contributed by atoms with van der Waals surface area (Å²) in [5, 5.41) is 21.6. The number of ether oxygens (including phenoxy) is 3. The van der Waals surface area contributed by atoms with Gasteiger partial charge in [-0.05, 0) is 116 Å². The van der Waals surface area contributed by atoms with Crippen LogP contribution in [0.2, 0.25) is 0 Å². The van der Waals surface area contributed by atoms with Crippen molar-refractivity contribution in [3.63, 3.8) is 0 Å². The molecule has 4 fully saturated rings. The third kappa shape index (κ3) is 12.3. The Morgan fingerprint density at radius 1 is 0.782 bits per heavy atom. The number of rotatable bonds is 19. The number of halogens is 1. The molecule has 2 atom stereocenters. The van der Waals surface area contributed by atoms with Gasteiger partial charge in [0.1, 0.15) is 27.9 Å². The van der Waals surface area contributed by atoms with Crippen LogP contribution in [0.1, 0.15) is 119 Å². The van der Waals surface area contributed by atoms with Crippen LogP contribution in [0, 0.1) is 6.92 Å². The molecular weight excluding hydrogens is 1080 g/mol. The lowest BCUT2D eigenvalue weighted by Gasteiger charge is -2.28. The quantitative estimate of drug-likeness (QED) is 0.0554. The van der Waals surface area contributed by atoms with Gasteiger partial charge in [0.25, 0.3) is 0 Å². The van der Waals surface area contributed by atoms with E-state index in [1.165, 1.54) is 27.4 Å². The summed E-state index contributed by atoms with van der Waals surface area (Å²) < 4.78 is 94.7. The second kappa shape index (κ2) is 23.0. The Morgan fingerprint density at radius 3 is 1.96 bits per heavy atom. The van der Waals surface area contributed by atoms with Crippen molar-refractivity contribution in [2.24, 2.45) is 7.05 Å². The lowest BCUT2D eigenvalue weighted by Crippen LogP contribution is -2.41. The van der Waals surface area contributed by atoms with Gasteiger partial charge >= 0.3 is 12.2 Å². The molecule has 3 aliphatic carbocycles. The summed E-state index contributed by atoms with van der Waals surface area (Å²) in [6, 6.07) is 12.0. The molecule has 5 heterocycles. The molecule has 19 nitrogen and oxygen atoms in total. The molecule has 4 aliphatic rings. The Morgan fingerprint density at radius 2 is 1.38 bits per heavy atom. The summed E-state index contributed by atoms with van der Waals surface area (Å²) in [7, 11) is -6.18. The summed E-state index contributed by atoms with van der Waals surface area (Å²) in [6.07, 6.45) is 11.8. The molecule has 24 heteroatoms. The number of hydrogen-bond donors (Lipinski definition) is 4. The molecule has 4 aromatic heterocycles. The van der Waals surface area contributed by atoms with E-state index in [-0.39, 0.29) is 65.7 Å². The van der Waals surface area contributed by atoms with Crippen LogP contribution in [0.3, 0.4) is 0 Å². The van der Waals surface area contributed by atoms with E-state index < -0.39 is 55.1 Å². The Labute approximate surface area is 462 Å². The standard InChI is InChI=1S/C54H67FN10O9S4/c1-31(2)73-53(66)60-36-11-7-34(8-12-36)51-56-26-45(75-51)42-17-16-39(59-50-21-33(5)62-63(50)6)23-48(42)78(70,71)49-24-44(49)65-28-46(76-52(65)35-9-13-37(14-10-35)61-54(67)74-32(3)4)43-18-15-38(58-40-25-57-64(27-40)20-19-55)22-47(43)77(68,69)41-29-72-30-41/h15-18,21-23,25-28,31-32,34-37,41,44,49,58H,7-14,19-20,24,29-30H2,1-6H3,(H2-,59,60,61,62,66,67)/p+1. The van der Waals surface area contributed by atoms with Gasteiger partial charge < -0.3 is 35.5 Å². The van der Waals surface area contributed by atoms with Crippen LogP contribution in [-0.4, -0.2) is 108 Å². The van der Waals surface area contributed by atoms with Crippen LogP contribution in [0.25, 0.3) is 20.9 Å². The Hall–Kier alpha value is -5.95. The second-order valence-electron chi connectivity index (χ2n) is 21.4. The van der Waals surface area contributed by atoms with E-state index in [9.17, 15) is 22.4 Å². The molecule has 418 valence electrons. The molecule has 0 radical (unpaired) electrons. The van der Waals surface area contributed by atoms with Crippen LogP contribution in [0.4, 0.5) is 36.9 Å². The third-order valence-electron chi connectivity index (χ3n) is 14.9. The van der Waals surface area contributed by atoms with Gasteiger partial charge in [0.15, 0.2) is 31.9 Å². The molecule has 6 aromatic rings. The van der Waals surface area contributed by atoms with Gasteiger partial charge in [-0.15, -0.1) is 11.3 Å². The number of nitrogens with zero attached hydrogens (tertiary/aromatic N) is 6. The lowest BCUT2D eigenvalue weighted by atomic mass is 9.86. The molecule has 4 N–H and O–H groups in total. The minimum absolute atomic E-state index is 0.00162. The van der Waals surface area contributed by atoms with Gasteiger partial charge in [0.05, 0.1) is 75.1 Å². The van der Waals surface area contributed by atoms with Crippen molar-refractivity contribution in [3.8, 4) is 20.9 Å². The first kappa shape index (κ1) is 55.4. The average molecular weight is 1150 g/mol. The molecule has 1 aliphatic heterocycles. The predicted octanol–water partition coefficient (Wildman–Crippen LogP) is 9.80. The van der Waals surface area contributed by atoms with Crippen LogP contribution in [-0.2, 0) is 47.5 Å². The highest BCUT2D eigenvalue weighted by Crippen LogP contribution is 2.49. The molecule has 1 saturated heterocycles. The number of nitrogens with one attached hydrogen (secondary N) is 4. The largest absolute Gasteiger partial charge is 0.447 e. The number of hydrogen-bond acceptors (Lipinski definition) is 16. The zero-order valence-electron chi connectivity index (χ0n) is 44.6. The van der Waals surface area contributed by atoms with E-state index in [2.05, 4.69) is 36.0 Å². The minimum Gasteiger partial charge on any atom is -0.447 e. The molecule has 0 spiro atoms. The first-order valence-electron chi connectivity index (χ1n) is 26.7. The van der Waals surface area contributed by atoms with Crippen molar-refractivity contribution >= 4 is 77.4 Å². The maximum Gasteiger partial charge on any atom is 0.407 e. The third-order valence-corrected chi connectivity index (χ3v) is 21.7. The number of carbonyl (C=O) groups excluding carboxylic acids is 2. The maximum atomic E-state index is 15.6. The van der Waals surface area contributed by atoms with Gasteiger partial charge in [-0.3, -0.25) is 9.36 Å². The number of carbonyl (C=O) groups is 2. The molecule has 2 unspecified atom stereocenters. The highest BCUT2D eigenvalue weighted by Gasteiger charge is 2.58. The maximum absolute atomic E-state index is 15.6. The summed E-state index contributed by atoms with van der Waals surface area (Å²) in [5.41, 5.74) is 3.49. The van der Waals surface area contributed by atoms with Crippen LogP contribution < -0.4 is 25.8 Å². The Kier molecular flexibility index (Phi) is 16.3. The number of amides is 2. The fraction of sp³-hybridized carbons (Fsp3) is 0.519. The van der Waals surface area contributed by atoms with Gasteiger partial charge in [-0.2, -0.15) is 14.8 Å². The molecule has 10 rings (SSSR count). The Balaban J connectivity index is 0.987. The monoisotopic (exact) mass is 1150 g/mol. The van der Waals surface area contributed by atoms with Gasteiger partial charge in [-0.25, -0.2) is 35.8 Å². The SMILES string of the molecule is Cc1cc(Nc2ccc(-c3cnc(C4CCC(NC(=O)OC(C)C)CC4)s3)c(S(=O)(=O)C3CC3[n+]3cc(-c4ccc(Nc5cnn(CCF)c5)cc4S(=O)(=O)C4COC4)sc3C3CCC(NC(=O)OC(C)C)CC3)c2)n(C)n1. The summed E-state index contributed by atoms with van der Waals surface area (Å²) in [6.45, 7) is 8.76. The van der Waals surface area contributed by atoms with Crippen molar-refractivity contribution < 1.29 is 49.6 Å². The fourth-order valence-corrected chi connectivity index (χ4v) is 17.2. The minimum atomic E-state index is -4.07. The van der Waals surface area contributed by atoms with Gasteiger partial charge in [0.2, 0.25) is 5.01 Å². The van der Waals surface area contributed by atoms with E-state index >= 15 is 8.42 Å². The van der Waals surface area contributed by atoms with E-state index in [1.807, 2.05) is 52.2 Å². The molecule has 78 heavy (non-hydrogen) atoms. The Bertz CT molecular complexity index is 3370. The highest BCUT2D eigenvalue weighted by molar-refractivity contribution is 7.92. The predicted molar refractivity (Wildman–Crippen MR) is 296 cm³/mol. The normalized spacial score (nSPS) is 21.8. The van der Waals surface area contributed by atoms with Crippen molar-refractivity contribution in [1.82, 2.24) is 35.2 Å². The smallest absolute Gasteiger partial charge is 0.407 e. The number of alkyl halides is 1. The molecule has 0 bridgehead atoms.